The van der Waals surface area contributed by atoms with E-state index in [-0.39, 0.29) is 0 Å². The monoisotopic (exact) mass is 235 g/mol. The molecule has 2 rings (SSSR count). The van der Waals surface area contributed by atoms with E-state index in [4.69, 9.17) is 0 Å². The third-order valence-electron chi connectivity index (χ3n) is 2.28. The van der Waals surface area contributed by atoms with Gasteiger partial charge in [0.05, 0.1) is 0 Å². The van der Waals surface area contributed by atoms with Crippen molar-refractivity contribution in [3.63, 3.8) is 0 Å². The standard InChI is InChI=1S/C11H13N3OS/c1-7-4-3-5-9(10(7)15)6-12-11-14-13-8(2)16-11/h3-5,15H,6H2,1-2H3,(H,12,14). The fraction of sp³-hybridized carbons (Fsp3) is 0.273. The Bertz CT molecular complexity index is 496. The highest BCUT2D eigenvalue weighted by molar-refractivity contribution is 7.15. The van der Waals surface area contributed by atoms with Gasteiger partial charge in [0.25, 0.3) is 0 Å². The molecule has 2 N–H and O–H groups in total. The summed E-state index contributed by atoms with van der Waals surface area (Å²) < 4.78 is 0. The van der Waals surface area contributed by atoms with Gasteiger partial charge >= 0.3 is 0 Å². The first kappa shape index (κ1) is 10.9. The SMILES string of the molecule is Cc1nnc(NCc2cccc(C)c2O)s1. The van der Waals surface area contributed by atoms with Gasteiger partial charge in [-0.1, -0.05) is 29.5 Å². The summed E-state index contributed by atoms with van der Waals surface area (Å²) in [7, 11) is 0. The number of aromatic nitrogens is 2. The predicted molar refractivity (Wildman–Crippen MR) is 64.8 cm³/mol. The van der Waals surface area contributed by atoms with Crippen LogP contribution in [0.2, 0.25) is 0 Å². The topological polar surface area (TPSA) is 58.0 Å². The second-order valence-corrected chi connectivity index (χ2v) is 4.74. The van der Waals surface area contributed by atoms with Gasteiger partial charge in [-0.3, -0.25) is 0 Å². The lowest BCUT2D eigenvalue weighted by molar-refractivity contribution is 0.465. The largest absolute Gasteiger partial charge is 0.507 e. The quantitative estimate of drug-likeness (QED) is 0.858. The maximum Gasteiger partial charge on any atom is 0.205 e. The van der Waals surface area contributed by atoms with Crippen LogP contribution in [0.5, 0.6) is 5.75 Å². The molecule has 16 heavy (non-hydrogen) atoms. The Morgan fingerprint density at radius 2 is 2.12 bits per heavy atom. The summed E-state index contributed by atoms with van der Waals surface area (Å²) in [4.78, 5) is 0. The molecule has 0 amide bonds. The van der Waals surface area contributed by atoms with E-state index in [0.717, 1.165) is 21.3 Å². The molecule has 0 saturated carbocycles. The highest BCUT2D eigenvalue weighted by Crippen LogP contribution is 2.23. The molecular weight excluding hydrogens is 222 g/mol. The Balaban J connectivity index is 2.07. The molecule has 2 aromatic rings. The van der Waals surface area contributed by atoms with Gasteiger partial charge in [0, 0.05) is 12.1 Å². The molecule has 5 heteroatoms. The lowest BCUT2D eigenvalue weighted by Crippen LogP contribution is -1.99. The average Bonchev–Trinajstić information content (AvgIpc) is 2.67. The summed E-state index contributed by atoms with van der Waals surface area (Å²) in [5.41, 5.74) is 1.75. The Labute approximate surface area is 98.0 Å². The molecule has 0 aliphatic rings. The number of rotatable bonds is 3. The van der Waals surface area contributed by atoms with Crippen LogP contribution in [-0.4, -0.2) is 15.3 Å². The maximum absolute atomic E-state index is 9.81. The van der Waals surface area contributed by atoms with Crippen LogP contribution in [-0.2, 0) is 6.54 Å². The lowest BCUT2D eigenvalue weighted by Gasteiger charge is -2.06. The number of aryl methyl sites for hydroxylation is 2. The fourth-order valence-electron chi connectivity index (χ4n) is 1.40. The zero-order valence-electron chi connectivity index (χ0n) is 9.19. The Morgan fingerprint density at radius 1 is 1.31 bits per heavy atom. The molecule has 0 atom stereocenters. The molecule has 0 saturated heterocycles. The average molecular weight is 235 g/mol. The van der Waals surface area contributed by atoms with Gasteiger partial charge in [0.15, 0.2) is 0 Å². The molecule has 0 aliphatic carbocycles. The number of anilines is 1. The number of phenolic OH excluding ortho intramolecular Hbond substituents is 1. The molecule has 0 unspecified atom stereocenters. The van der Waals surface area contributed by atoms with Gasteiger partial charge in [-0.2, -0.15) is 0 Å². The van der Waals surface area contributed by atoms with Crippen LogP contribution >= 0.6 is 11.3 Å². The third kappa shape index (κ3) is 2.30. The molecule has 0 aliphatic heterocycles. The minimum absolute atomic E-state index is 0.344. The van der Waals surface area contributed by atoms with E-state index >= 15 is 0 Å². The number of aromatic hydroxyl groups is 1. The van der Waals surface area contributed by atoms with E-state index in [0.29, 0.717) is 12.3 Å². The molecule has 0 bridgehead atoms. The molecule has 1 aromatic heterocycles. The van der Waals surface area contributed by atoms with E-state index in [1.165, 1.54) is 11.3 Å². The van der Waals surface area contributed by atoms with Gasteiger partial charge in [0.2, 0.25) is 5.13 Å². The zero-order valence-corrected chi connectivity index (χ0v) is 10.0. The first-order chi connectivity index (χ1) is 7.66. The molecule has 4 nitrogen and oxygen atoms in total. The predicted octanol–water partition coefficient (Wildman–Crippen LogP) is 2.47. The van der Waals surface area contributed by atoms with E-state index in [1.807, 2.05) is 32.0 Å². The number of nitrogens with one attached hydrogen (secondary N) is 1. The van der Waals surface area contributed by atoms with Crippen LogP contribution in [0.1, 0.15) is 16.1 Å². The molecule has 0 radical (unpaired) electrons. The van der Waals surface area contributed by atoms with E-state index in [2.05, 4.69) is 15.5 Å². The van der Waals surface area contributed by atoms with Gasteiger partial charge in [-0.25, -0.2) is 0 Å². The van der Waals surface area contributed by atoms with Crippen molar-refractivity contribution < 1.29 is 5.11 Å². The summed E-state index contributed by atoms with van der Waals surface area (Å²) in [5, 5.41) is 22.5. The van der Waals surface area contributed by atoms with Gasteiger partial charge in [-0.05, 0) is 19.4 Å². The van der Waals surface area contributed by atoms with Crippen molar-refractivity contribution in [1.29, 1.82) is 0 Å². The van der Waals surface area contributed by atoms with Crippen molar-refractivity contribution in [2.24, 2.45) is 0 Å². The first-order valence-corrected chi connectivity index (χ1v) is 5.80. The zero-order chi connectivity index (χ0) is 11.5. The number of hydrogen-bond donors (Lipinski definition) is 2. The van der Waals surface area contributed by atoms with Crippen molar-refractivity contribution in [2.45, 2.75) is 20.4 Å². The minimum Gasteiger partial charge on any atom is -0.507 e. The van der Waals surface area contributed by atoms with Crippen molar-refractivity contribution in [1.82, 2.24) is 10.2 Å². The third-order valence-corrected chi connectivity index (χ3v) is 3.07. The minimum atomic E-state index is 0.344. The Hall–Kier alpha value is -1.62. The van der Waals surface area contributed by atoms with Crippen LogP contribution in [0.15, 0.2) is 18.2 Å². The molecule has 1 aromatic carbocycles. The van der Waals surface area contributed by atoms with Crippen molar-refractivity contribution >= 4 is 16.5 Å². The number of benzene rings is 1. The number of phenols is 1. The van der Waals surface area contributed by atoms with Crippen LogP contribution in [0, 0.1) is 13.8 Å². The lowest BCUT2D eigenvalue weighted by atomic mass is 10.1. The highest BCUT2D eigenvalue weighted by atomic mass is 32.1. The van der Waals surface area contributed by atoms with Crippen LogP contribution in [0.25, 0.3) is 0 Å². The van der Waals surface area contributed by atoms with Crippen molar-refractivity contribution in [3.05, 3.63) is 34.3 Å². The van der Waals surface area contributed by atoms with Crippen molar-refractivity contribution in [2.75, 3.05) is 5.32 Å². The summed E-state index contributed by atoms with van der Waals surface area (Å²) in [6.07, 6.45) is 0. The second kappa shape index (κ2) is 4.49. The van der Waals surface area contributed by atoms with E-state index < -0.39 is 0 Å². The van der Waals surface area contributed by atoms with Crippen LogP contribution in [0.4, 0.5) is 5.13 Å². The first-order valence-electron chi connectivity index (χ1n) is 4.98. The molecule has 0 spiro atoms. The van der Waals surface area contributed by atoms with Crippen LogP contribution < -0.4 is 5.32 Å². The Morgan fingerprint density at radius 3 is 2.81 bits per heavy atom. The summed E-state index contributed by atoms with van der Waals surface area (Å²) in [6.45, 7) is 4.35. The normalized spacial score (nSPS) is 10.4. The maximum atomic E-state index is 9.81. The molecular formula is C11H13N3OS. The van der Waals surface area contributed by atoms with Crippen molar-refractivity contribution in [3.8, 4) is 5.75 Å². The van der Waals surface area contributed by atoms with Crippen LogP contribution in [0.3, 0.4) is 0 Å². The van der Waals surface area contributed by atoms with Gasteiger partial charge < -0.3 is 10.4 Å². The number of para-hydroxylation sites is 1. The molecule has 0 fully saturated rings. The fourth-order valence-corrected chi connectivity index (χ4v) is 1.99. The summed E-state index contributed by atoms with van der Waals surface area (Å²) in [5.74, 6) is 0.344. The van der Waals surface area contributed by atoms with Gasteiger partial charge in [-0.15, -0.1) is 10.2 Å². The molecule has 84 valence electrons. The molecule has 1 heterocycles. The van der Waals surface area contributed by atoms with Gasteiger partial charge in [0.1, 0.15) is 10.8 Å². The van der Waals surface area contributed by atoms with E-state index in [1.54, 1.807) is 0 Å². The Kier molecular flexibility index (Phi) is 3.05. The smallest absolute Gasteiger partial charge is 0.205 e. The second-order valence-electron chi connectivity index (χ2n) is 3.56. The number of nitrogens with zero attached hydrogens (tertiary/aromatic N) is 2. The summed E-state index contributed by atoms with van der Waals surface area (Å²) >= 11 is 1.50. The van der Waals surface area contributed by atoms with E-state index in [9.17, 15) is 5.11 Å². The number of hydrogen-bond acceptors (Lipinski definition) is 5. The highest BCUT2D eigenvalue weighted by Gasteiger charge is 2.04. The summed E-state index contributed by atoms with van der Waals surface area (Å²) in [6, 6.07) is 5.70.